The van der Waals surface area contributed by atoms with Gasteiger partial charge in [0, 0.05) is 18.0 Å². The van der Waals surface area contributed by atoms with E-state index in [-0.39, 0.29) is 5.91 Å². The number of amides is 1. The van der Waals surface area contributed by atoms with E-state index in [1.54, 1.807) is 11.8 Å². The summed E-state index contributed by atoms with van der Waals surface area (Å²) in [4.78, 5) is 14.8. The van der Waals surface area contributed by atoms with Crippen molar-refractivity contribution in [3.63, 3.8) is 0 Å². The minimum absolute atomic E-state index is 0.0973. The summed E-state index contributed by atoms with van der Waals surface area (Å²) in [5.41, 5.74) is 1.23. The molecule has 0 aliphatic heterocycles. The lowest BCUT2D eigenvalue weighted by atomic mass is 10.2. The number of hydrogen-bond acceptors (Lipinski definition) is 3. The van der Waals surface area contributed by atoms with E-state index in [1.165, 1.54) is 10.5 Å². The molecule has 4 heteroatoms. The van der Waals surface area contributed by atoms with Crippen molar-refractivity contribution in [1.29, 1.82) is 0 Å². The number of hydrogen-bond donors (Lipinski definition) is 1. The van der Waals surface area contributed by atoms with Crippen molar-refractivity contribution in [3.05, 3.63) is 29.8 Å². The summed E-state index contributed by atoms with van der Waals surface area (Å²) in [6, 6.07) is 8.47. The molecule has 0 bridgehead atoms. The number of thioether (sulfide) groups is 1. The van der Waals surface area contributed by atoms with E-state index >= 15 is 0 Å². The third-order valence-corrected chi connectivity index (χ3v) is 3.34. The fourth-order valence-electron chi connectivity index (χ4n) is 1.66. The van der Waals surface area contributed by atoms with Crippen LogP contribution in [0.4, 0.5) is 0 Å². The smallest absolute Gasteiger partial charge is 0.234 e. The fraction of sp³-hybridized carbons (Fsp3) is 0.500. The van der Waals surface area contributed by atoms with E-state index in [9.17, 15) is 4.79 Å². The molecule has 0 unspecified atom stereocenters. The second-order valence-electron chi connectivity index (χ2n) is 4.37. The summed E-state index contributed by atoms with van der Waals surface area (Å²) in [7, 11) is 1.97. The van der Waals surface area contributed by atoms with Gasteiger partial charge in [-0.2, -0.15) is 0 Å². The van der Waals surface area contributed by atoms with Crippen molar-refractivity contribution < 1.29 is 4.79 Å². The molecule has 1 N–H and O–H groups in total. The quantitative estimate of drug-likeness (QED) is 0.769. The molecule has 0 fully saturated rings. The number of rotatable bonds is 7. The number of carbonyl (C=O) groups is 1. The maximum Gasteiger partial charge on any atom is 0.234 e. The first-order valence-corrected chi connectivity index (χ1v) is 7.46. The molecule has 1 rings (SSSR count). The highest BCUT2D eigenvalue weighted by molar-refractivity contribution is 7.98. The van der Waals surface area contributed by atoms with Gasteiger partial charge in [0.25, 0.3) is 0 Å². The summed E-state index contributed by atoms with van der Waals surface area (Å²) in [6.45, 7) is 4.06. The zero-order valence-corrected chi connectivity index (χ0v) is 12.2. The van der Waals surface area contributed by atoms with E-state index in [4.69, 9.17) is 0 Å². The molecule has 0 aliphatic rings. The van der Waals surface area contributed by atoms with Crippen LogP contribution in [0.1, 0.15) is 18.9 Å². The molecule has 0 radical (unpaired) electrons. The second-order valence-corrected chi connectivity index (χ2v) is 5.25. The molecule has 0 aromatic heterocycles. The van der Waals surface area contributed by atoms with Crippen LogP contribution in [0.15, 0.2) is 29.2 Å². The number of carbonyl (C=O) groups excluding carboxylic acids is 1. The molecule has 0 atom stereocenters. The van der Waals surface area contributed by atoms with Crippen molar-refractivity contribution in [2.24, 2.45) is 0 Å². The van der Waals surface area contributed by atoms with E-state index in [1.807, 2.05) is 11.9 Å². The van der Waals surface area contributed by atoms with Crippen LogP contribution in [0, 0.1) is 0 Å². The van der Waals surface area contributed by atoms with Gasteiger partial charge in [0.15, 0.2) is 0 Å². The summed E-state index contributed by atoms with van der Waals surface area (Å²) in [5.74, 6) is 0.0973. The van der Waals surface area contributed by atoms with Gasteiger partial charge in [-0.1, -0.05) is 19.1 Å². The van der Waals surface area contributed by atoms with E-state index in [0.717, 1.165) is 19.5 Å². The van der Waals surface area contributed by atoms with Gasteiger partial charge < -0.3 is 5.32 Å². The largest absolute Gasteiger partial charge is 0.355 e. The molecular formula is C14H22N2OS. The number of benzene rings is 1. The van der Waals surface area contributed by atoms with Gasteiger partial charge in [-0.25, -0.2) is 0 Å². The minimum Gasteiger partial charge on any atom is -0.355 e. The molecule has 3 nitrogen and oxygen atoms in total. The average Bonchev–Trinajstić information content (AvgIpc) is 2.37. The van der Waals surface area contributed by atoms with Crippen LogP contribution >= 0.6 is 11.8 Å². The molecule has 1 aromatic rings. The topological polar surface area (TPSA) is 32.3 Å². The van der Waals surface area contributed by atoms with Crippen molar-refractivity contribution in [3.8, 4) is 0 Å². The predicted octanol–water partition coefficient (Wildman–Crippen LogP) is 2.37. The van der Waals surface area contributed by atoms with Crippen LogP contribution in [0.5, 0.6) is 0 Å². The first-order valence-electron chi connectivity index (χ1n) is 6.24. The average molecular weight is 266 g/mol. The molecule has 1 aromatic carbocycles. The van der Waals surface area contributed by atoms with Gasteiger partial charge in [0.1, 0.15) is 0 Å². The molecule has 100 valence electrons. The third kappa shape index (κ3) is 5.56. The van der Waals surface area contributed by atoms with E-state index < -0.39 is 0 Å². The van der Waals surface area contributed by atoms with Crippen LogP contribution in [0.3, 0.4) is 0 Å². The monoisotopic (exact) mass is 266 g/mol. The predicted molar refractivity (Wildman–Crippen MR) is 77.9 cm³/mol. The van der Waals surface area contributed by atoms with Gasteiger partial charge in [-0.15, -0.1) is 11.8 Å². The van der Waals surface area contributed by atoms with Crippen LogP contribution in [0.2, 0.25) is 0 Å². The Balaban J connectivity index is 2.38. The number of nitrogens with zero attached hydrogens (tertiary/aromatic N) is 1. The minimum atomic E-state index is 0.0973. The second kappa shape index (κ2) is 8.16. The summed E-state index contributed by atoms with van der Waals surface area (Å²) >= 11 is 1.74. The van der Waals surface area contributed by atoms with Crippen molar-refractivity contribution >= 4 is 17.7 Å². The van der Waals surface area contributed by atoms with Crippen LogP contribution in [0.25, 0.3) is 0 Å². The summed E-state index contributed by atoms with van der Waals surface area (Å²) < 4.78 is 0. The maximum atomic E-state index is 11.5. The molecule has 0 spiro atoms. The Labute approximate surface area is 114 Å². The highest BCUT2D eigenvalue weighted by Gasteiger charge is 2.06. The molecule has 18 heavy (non-hydrogen) atoms. The van der Waals surface area contributed by atoms with Crippen molar-refractivity contribution in [1.82, 2.24) is 10.2 Å². The van der Waals surface area contributed by atoms with Gasteiger partial charge >= 0.3 is 0 Å². The third-order valence-electron chi connectivity index (χ3n) is 2.60. The molecule has 0 saturated heterocycles. The molecule has 0 heterocycles. The lowest BCUT2D eigenvalue weighted by molar-refractivity contribution is -0.122. The van der Waals surface area contributed by atoms with E-state index in [2.05, 4.69) is 42.8 Å². The lowest BCUT2D eigenvalue weighted by Gasteiger charge is -2.16. The highest BCUT2D eigenvalue weighted by atomic mass is 32.2. The number of nitrogens with one attached hydrogen (secondary N) is 1. The van der Waals surface area contributed by atoms with Crippen LogP contribution in [-0.2, 0) is 11.3 Å². The number of likely N-dealkylation sites (N-methyl/N-ethyl adjacent to an activating group) is 1. The zero-order chi connectivity index (χ0) is 13.4. The Kier molecular flexibility index (Phi) is 6.83. The Morgan fingerprint density at radius 2 is 2.00 bits per heavy atom. The van der Waals surface area contributed by atoms with E-state index in [0.29, 0.717) is 6.54 Å². The lowest BCUT2D eigenvalue weighted by Crippen LogP contribution is -2.35. The van der Waals surface area contributed by atoms with Crippen molar-refractivity contribution in [2.45, 2.75) is 24.8 Å². The normalized spacial score (nSPS) is 10.7. The standard InChI is InChI=1S/C14H22N2OS/c1-4-9-15-14(17)11-16(2)10-12-5-7-13(18-3)8-6-12/h5-8H,4,9-11H2,1-3H3,(H,15,17). The van der Waals surface area contributed by atoms with Gasteiger partial charge in [0.2, 0.25) is 5.91 Å². The van der Waals surface area contributed by atoms with Gasteiger partial charge in [-0.3, -0.25) is 9.69 Å². The van der Waals surface area contributed by atoms with Gasteiger partial charge in [-0.05, 0) is 37.4 Å². The molecule has 1 amide bonds. The molecular weight excluding hydrogens is 244 g/mol. The SMILES string of the molecule is CCCNC(=O)CN(C)Cc1ccc(SC)cc1. The van der Waals surface area contributed by atoms with Gasteiger partial charge in [0.05, 0.1) is 6.54 Å². The first kappa shape index (κ1) is 15.1. The van der Waals surface area contributed by atoms with Crippen LogP contribution < -0.4 is 5.32 Å². The molecule has 0 saturated carbocycles. The Hall–Kier alpha value is -1.00. The Morgan fingerprint density at radius 1 is 1.33 bits per heavy atom. The Bertz CT molecular complexity index is 365. The summed E-state index contributed by atoms with van der Waals surface area (Å²) in [5, 5.41) is 2.88. The highest BCUT2D eigenvalue weighted by Crippen LogP contribution is 2.15. The zero-order valence-electron chi connectivity index (χ0n) is 11.4. The maximum absolute atomic E-state index is 11.5. The van der Waals surface area contributed by atoms with Crippen molar-refractivity contribution in [2.75, 3.05) is 26.4 Å². The fourth-order valence-corrected chi connectivity index (χ4v) is 2.07. The van der Waals surface area contributed by atoms with Crippen LogP contribution in [-0.4, -0.2) is 37.2 Å². The first-order chi connectivity index (χ1) is 8.65. The summed E-state index contributed by atoms with van der Waals surface area (Å²) in [6.07, 6.45) is 3.05. The Morgan fingerprint density at radius 3 is 2.56 bits per heavy atom. The molecule has 0 aliphatic carbocycles.